The number of ether oxygens (including phenoxy) is 1. The van der Waals surface area contributed by atoms with E-state index in [0.717, 1.165) is 11.1 Å². The van der Waals surface area contributed by atoms with E-state index < -0.39 is 0 Å². The van der Waals surface area contributed by atoms with Gasteiger partial charge in [0, 0.05) is 37.6 Å². The van der Waals surface area contributed by atoms with Crippen LogP contribution in [0.15, 0.2) is 42.9 Å². The lowest BCUT2D eigenvalue weighted by atomic mass is 10.1. The van der Waals surface area contributed by atoms with Crippen LogP contribution in [0.1, 0.15) is 17.5 Å². The number of aromatic nitrogens is 2. The van der Waals surface area contributed by atoms with E-state index in [1.54, 1.807) is 31.8 Å². The van der Waals surface area contributed by atoms with Gasteiger partial charge in [0.25, 0.3) is 0 Å². The number of nitrogens with one attached hydrogen (secondary N) is 1. The molecule has 2 rings (SSSR count). The van der Waals surface area contributed by atoms with Gasteiger partial charge in [-0.25, -0.2) is 4.98 Å². The maximum absolute atomic E-state index is 11.8. The van der Waals surface area contributed by atoms with Crippen LogP contribution in [-0.4, -0.2) is 23.0 Å². The van der Waals surface area contributed by atoms with Gasteiger partial charge in [0.05, 0.1) is 7.11 Å². The second-order valence-electron chi connectivity index (χ2n) is 4.34. The van der Waals surface area contributed by atoms with E-state index in [4.69, 9.17) is 4.74 Å². The first-order chi connectivity index (χ1) is 9.78. The third kappa shape index (κ3) is 4.35. The molecule has 20 heavy (non-hydrogen) atoms. The van der Waals surface area contributed by atoms with Crippen molar-refractivity contribution in [3.63, 3.8) is 0 Å². The number of carbonyl (C=O) groups excluding carboxylic acids is 1. The lowest BCUT2D eigenvalue weighted by Gasteiger charge is -2.06. The highest BCUT2D eigenvalue weighted by Gasteiger charge is 2.03. The molecule has 0 spiro atoms. The molecule has 0 aliphatic rings. The molecule has 104 valence electrons. The van der Waals surface area contributed by atoms with E-state index in [9.17, 15) is 4.79 Å². The summed E-state index contributed by atoms with van der Waals surface area (Å²) in [6, 6.07) is 7.50. The monoisotopic (exact) mass is 271 g/mol. The Labute approximate surface area is 118 Å². The summed E-state index contributed by atoms with van der Waals surface area (Å²) < 4.78 is 5.04. The maximum Gasteiger partial charge on any atom is 0.220 e. The van der Waals surface area contributed by atoms with E-state index in [0.29, 0.717) is 25.3 Å². The van der Waals surface area contributed by atoms with Gasteiger partial charge in [-0.15, -0.1) is 0 Å². The number of hydrogen-bond donors (Lipinski definition) is 1. The number of rotatable bonds is 6. The number of amides is 1. The second kappa shape index (κ2) is 7.23. The van der Waals surface area contributed by atoms with Crippen LogP contribution in [-0.2, 0) is 17.8 Å². The summed E-state index contributed by atoms with van der Waals surface area (Å²) in [4.78, 5) is 19.8. The Morgan fingerprint density at radius 1 is 1.30 bits per heavy atom. The lowest BCUT2D eigenvalue weighted by Crippen LogP contribution is -2.23. The SMILES string of the molecule is COc1cc(CNC(=O)CCc2cccnc2)ccn1. The Morgan fingerprint density at radius 3 is 2.95 bits per heavy atom. The molecule has 5 heteroatoms. The van der Waals surface area contributed by atoms with Gasteiger partial charge in [-0.2, -0.15) is 0 Å². The predicted octanol–water partition coefficient (Wildman–Crippen LogP) is 1.73. The summed E-state index contributed by atoms with van der Waals surface area (Å²) in [6.45, 7) is 0.477. The van der Waals surface area contributed by atoms with Crippen molar-refractivity contribution in [3.8, 4) is 5.88 Å². The maximum atomic E-state index is 11.8. The summed E-state index contributed by atoms with van der Waals surface area (Å²) in [5.41, 5.74) is 2.03. The van der Waals surface area contributed by atoms with E-state index in [1.807, 2.05) is 18.2 Å². The molecule has 2 aromatic heterocycles. The first kappa shape index (κ1) is 14.0. The van der Waals surface area contributed by atoms with Crippen molar-refractivity contribution in [1.29, 1.82) is 0 Å². The van der Waals surface area contributed by atoms with Crippen molar-refractivity contribution in [2.75, 3.05) is 7.11 Å². The van der Waals surface area contributed by atoms with Gasteiger partial charge >= 0.3 is 0 Å². The normalized spacial score (nSPS) is 10.1. The molecular formula is C15H17N3O2. The summed E-state index contributed by atoms with van der Waals surface area (Å²) >= 11 is 0. The fourth-order valence-corrected chi connectivity index (χ4v) is 1.76. The minimum atomic E-state index is 0.0182. The molecule has 0 saturated carbocycles. The molecule has 5 nitrogen and oxygen atoms in total. The molecule has 1 N–H and O–H groups in total. The quantitative estimate of drug-likeness (QED) is 0.869. The first-order valence-electron chi connectivity index (χ1n) is 6.42. The summed E-state index contributed by atoms with van der Waals surface area (Å²) in [7, 11) is 1.57. The summed E-state index contributed by atoms with van der Waals surface area (Å²) in [5.74, 6) is 0.566. The molecule has 0 unspecified atom stereocenters. The molecule has 0 fully saturated rings. The molecule has 0 aliphatic carbocycles. The Bertz CT molecular complexity index is 558. The molecular weight excluding hydrogens is 254 g/mol. The van der Waals surface area contributed by atoms with E-state index in [2.05, 4.69) is 15.3 Å². The smallest absolute Gasteiger partial charge is 0.220 e. The topological polar surface area (TPSA) is 64.1 Å². The van der Waals surface area contributed by atoms with Gasteiger partial charge in [-0.1, -0.05) is 6.07 Å². The van der Waals surface area contributed by atoms with Crippen molar-refractivity contribution in [2.45, 2.75) is 19.4 Å². The first-order valence-corrected chi connectivity index (χ1v) is 6.42. The Morgan fingerprint density at radius 2 is 2.20 bits per heavy atom. The van der Waals surface area contributed by atoms with Gasteiger partial charge in [0.15, 0.2) is 0 Å². The van der Waals surface area contributed by atoms with E-state index >= 15 is 0 Å². The number of nitrogens with zero attached hydrogens (tertiary/aromatic N) is 2. The van der Waals surface area contributed by atoms with Gasteiger partial charge < -0.3 is 10.1 Å². The fourth-order valence-electron chi connectivity index (χ4n) is 1.76. The zero-order valence-electron chi connectivity index (χ0n) is 11.4. The zero-order chi connectivity index (χ0) is 14.2. The molecule has 0 aliphatic heterocycles. The molecule has 0 aromatic carbocycles. The van der Waals surface area contributed by atoms with Crippen LogP contribution in [0.25, 0.3) is 0 Å². The van der Waals surface area contributed by atoms with Crippen molar-refractivity contribution in [3.05, 3.63) is 54.0 Å². The number of carbonyl (C=O) groups is 1. The molecule has 2 aromatic rings. The molecule has 1 amide bonds. The van der Waals surface area contributed by atoms with Gasteiger partial charge in [0.2, 0.25) is 11.8 Å². The number of aryl methyl sites for hydroxylation is 1. The third-order valence-corrected chi connectivity index (χ3v) is 2.86. The third-order valence-electron chi connectivity index (χ3n) is 2.86. The summed E-state index contributed by atoms with van der Waals surface area (Å²) in [5, 5.41) is 2.88. The molecule has 2 heterocycles. The van der Waals surface area contributed by atoms with Crippen LogP contribution in [0, 0.1) is 0 Å². The largest absolute Gasteiger partial charge is 0.481 e. The van der Waals surface area contributed by atoms with Crippen LogP contribution >= 0.6 is 0 Å². The Hall–Kier alpha value is -2.43. The van der Waals surface area contributed by atoms with Crippen molar-refractivity contribution in [1.82, 2.24) is 15.3 Å². The molecule has 0 radical (unpaired) electrons. The second-order valence-corrected chi connectivity index (χ2v) is 4.34. The Kier molecular flexibility index (Phi) is 5.06. The minimum Gasteiger partial charge on any atom is -0.481 e. The van der Waals surface area contributed by atoms with Crippen LogP contribution in [0.5, 0.6) is 5.88 Å². The van der Waals surface area contributed by atoms with Crippen LogP contribution in [0.3, 0.4) is 0 Å². The number of methoxy groups -OCH3 is 1. The van der Waals surface area contributed by atoms with E-state index in [-0.39, 0.29) is 5.91 Å². The average molecular weight is 271 g/mol. The highest BCUT2D eigenvalue weighted by atomic mass is 16.5. The standard InChI is InChI=1S/C15H17N3O2/c1-20-15-9-13(6-8-17-15)11-18-14(19)5-4-12-3-2-7-16-10-12/h2-3,6-10H,4-5,11H2,1H3,(H,18,19). The van der Waals surface area contributed by atoms with Crippen molar-refractivity contribution < 1.29 is 9.53 Å². The Balaban J connectivity index is 1.77. The van der Waals surface area contributed by atoms with Gasteiger partial charge in [-0.05, 0) is 29.7 Å². The number of pyridine rings is 2. The van der Waals surface area contributed by atoms with Crippen LogP contribution in [0.4, 0.5) is 0 Å². The molecule has 0 saturated heterocycles. The molecule has 0 bridgehead atoms. The minimum absolute atomic E-state index is 0.0182. The van der Waals surface area contributed by atoms with Crippen molar-refractivity contribution >= 4 is 5.91 Å². The predicted molar refractivity (Wildman–Crippen MR) is 75.2 cm³/mol. The highest BCUT2D eigenvalue weighted by Crippen LogP contribution is 2.08. The zero-order valence-corrected chi connectivity index (χ0v) is 11.4. The van der Waals surface area contributed by atoms with Crippen molar-refractivity contribution in [2.24, 2.45) is 0 Å². The lowest BCUT2D eigenvalue weighted by molar-refractivity contribution is -0.121. The summed E-state index contributed by atoms with van der Waals surface area (Å²) in [6.07, 6.45) is 6.31. The van der Waals surface area contributed by atoms with Crippen LogP contribution < -0.4 is 10.1 Å². The molecule has 0 atom stereocenters. The van der Waals surface area contributed by atoms with Crippen LogP contribution in [0.2, 0.25) is 0 Å². The van der Waals surface area contributed by atoms with E-state index in [1.165, 1.54) is 0 Å². The van der Waals surface area contributed by atoms with Gasteiger partial charge in [0.1, 0.15) is 0 Å². The number of hydrogen-bond acceptors (Lipinski definition) is 4. The average Bonchev–Trinajstić information content (AvgIpc) is 2.52. The van der Waals surface area contributed by atoms with Gasteiger partial charge in [-0.3, -0.25) is 9.78 Å². The highest BCUT2D eigenvalue weighted by molar-refractivity contribution is 5.76. The fraction of sp³-hybridized carbons (Fsp3) is 0.267.